The van der Waals surface area contributed by atoms with E-state index in [-0.39, 0.29) is 30.4 Å². The number of aryl methyl sites for hydroxylation is 2. The van der Waals surface area contributed by atoms with E-state index in [0.717, 1.165) is 22.5 Å². The minimum atomic E-state index is -0.505. The van der Waals surface area contributed by atoms with Crippen molar-refractivity contribution in [3.63, 3.8) is 0 Å². The molecule has 3 aromatic rings. The van der Waals surface area contributed by atoms with Gasteiger partial charge in [0.15, 0.2) is 0 Å². The quantitative estimate of drug-likeness (QED) is 0.635. The molecule has 2 aromatic carbocycles. The average Bonchev–Trinajstić information content (AvgIpc) is 3.03. The van der Waals surface area contributed by atoms with E-state index >= 15 is 0 Å². The molecule has 2 N–H and O–H groups in total. The molecule has 150 valence electrons. The fourth-order valence-electron chi connectivity index (χ4n) is 2.66. The highest BCUT2D eigenvalue weighted by molar-refractivity contribution is 7.13. The summed E-state index contributed by atoms with van der Waals surface area (Å²) >= 11 is 1.11. The molecule has 0 spiro atoms. The van der Waals surface area contributed by atoms with E-state index in [4.69, 9.17) is 0 Å². The molecule has 8 heteroatoms. The van der Waals surface area contributed by atoms with Crippen molar-refractivity contribution < 1.29 is 18.4 Å². The van der Waals surface area contributed by atoms with E-state index in [1.165, 1.54) is 24.3 Å². The maximum atomic E-state index is 13.9. The van der Waals surface area contributed by atoms with Gasteiger partial charge in [-0.1, -0.05) is 18.2 Å². The lowest BCUT2D eigenvalue weighted by Crippen LogP contribution is -2.22. The highest BCUT2D eigenvalue weighted by atomic mass is 32.1. The van der Waals surface area contributed by atoms with E-state index in [2.05, 4.69) is 15.6 Å². The first-order valence-corrected chi connectivity index (χ1v) is 9.68. The van der Waals surface area contributed by atoms with Crippen LogP contribution < -0.4 is 10.6 Å². The number of carbonyl (C=O) groups excluding carboxylic acids is 2. The standard InChI is InChI=1S/C21H19F2N3O2S/c1-12-3-8-17(16(23)9-12)26-18(27)10-19-25-13(2)20(29-19)21(28)24-11-14-4-6-15(22)7-5-14/h3-9H,10-11H2,1-2H3,(H,24,28)(H,26,27). The second-order valence-electron chi connectivity index (χ2n) is 6.54. The maximum absolute atomic E-state index is 13.9. The topological polar surface area (TPSA) is 71.1 Å². The lowest BCUT2D eigenvalue weighted by Gasteiger charge is -2.06. The van der Waals surface area contributed by atoms with E-state index in [1.807, 2.05) is 0 Å². The first-order chi connectivity index (χ1) is 13.8. The minimum absolute atomic E-state index is 0.0654. The minimum Gasteiger partial charge on any atom is -0.347 e. The van der Waals surface area contributed by atoms with Crippen molar-refractivity contribution in [1.82, 2.24) is 10.3 Å². The smallest absolute Gasteiger partial charge is 0.263 e. The molecule has 5 nitrogen and oxygen atoms in total. The summed E-state index contributed by atoms with van der Waals surface area (Å²) in [6.45, 7) is 3.69. The molecule has 1 aromatic heterocycles. The maximum Gasteiger partial charge on any atom is 0.263 e. The van der Waals surface area contributed by atoms with Crippen molar-refractivity contribution in [2.75, 3.05) is 5.32 Å². The largest absolute Gasteiger partial charge is 0.347 e. The van der Waals surface area contributed by atoms with Gasteiger partial charge in [0.1, 0.15) is 21.5 Å². The first kappa shape index (κ1) is 20.6. The molecule has 0 unspecified atom stereocenters. The van der Waals surface area contributed by atoms with Gasteiger partial charge in [0, 0.05) is 6.54 Å². The van der Waals surface area contributed by atoms with Crippen molar-refractivity contribution in [1.29, 1.82) is 0 Å². The molecular weight excluding hydrogens is 396 g/mol. The molecule has 3 rings (SSSR count). The number of benzene rings is 2. The van der Waals surface area contributed by atoms with E-state index in [0.29, 0.717) is 15.6 Å². The zero-order valence-corrected chi connectivity index (χ0v) is 16.7. The molecule has 0 aliphatic rings. The van der Waals surface area contributed by atoms with E-state index < -0.39 is 11.7 Å². The van der Waals surface area contributed by atoms with Gasteiger partial charge in [-0.05, 0) is 49.2 Å². The van der Waals surface area contributed by atoms with Crippen molar-refractivity contribution in [3.05, 3.63) is 80.8 Å². The predicted molar refractivity (Wildman–Crippen MR) is 108 cm³/mol. The first-order valence-electron chi connectivity index (χ1n) is 8.87. The summed E-state index contributed by atoms with van der Waals surface area (Å²) in [5, 5.41) is 5.73. The summed E-state index contributed by atoms with van der Waals surface area (Å²) in [5.74, 6) is -1.58. The molecular formula is C21H19F2N3O2S. The third kappa shape index (κ3) is 5.45. The van der Waals surface area contributed by atoms with Crippen molar-refractivity contribution >= 4 is 28.8 Å². The Balaban J connectivity index is 1.60. The van der Waals surface area contributed by atoms with Crippen LogP contribution in [0, 0.1) is 25.5 Å². The number of hydrogen-bond acceptors (Lipinski definition) is 4. The molecule has 2 amide bonds. The van der Waals surface area contributed by atoms with Gasteiger partial charge in [0.05, 0.1) is 17.8 Å². The normalized spacial score (nSPS) is 10.6. The van der Waals surface area contributed by atoms with Crippen LogP contribution >= 0.6 is 11.3 Å². The van der Waals surface area contributed by atoms with Crippen molar-refractivity contribution in [3.8, 4) is 0 Å². The van der Waals surface area contributed by atoms with Gasteiger partial charge in [-0.2, -0.15) is 0 Å². The van der Waals surface area contributed by atoms with Crippen LogP contribution in [0.3, 0.4) is 0 Å². The van der Waals surface area contributed by atoms with Gasteiger partial charge in [0.2, 0.25) is 5.91 Å². The number of rotatable bonds is 6. The Morgan fingerprint density at radius 1 is 1.07 bits per heavy atom. The van der Waals surface area contributed by atoms with Gasteiger partial charge >= 0.3 is 0 Å². The van der Waals surface area contributed by atoms with Crippen LogP contribution in [0.25, 0.3) is 0 Å². The second-order valence-corrected chi connectivity index (χ2v) is 7.62. The summed E-state index contributed by atoms with van der Waals surface area (Å²) in [6, 6.07) is 10.4. The summed E-state index contributed by atoms with van der Waals surface area (Å²) in [5.41, 5.74) is 2.14. The Morgan fingerprint density at radius 2 is 1.79 bits per heavy atom. The van der Waals surface area contributed by atoms with Crippen LogP contribution in [0.15, 0.2) is 42.5 Å². The Hall–Kier alpha value is -3.13. The number of halogens is 2. The second kappa shape index (κ2) is 8.91. The van der Waals surface area contributed by atoms with Crippen LogP contribution in [0.2, 0.25) is 0 Å². The third-order valence-electron chi connectivity index (χ3n) is 4.12. The molecule has 0 radical (unpaired) electrons. The van der Waals surface area contributed by atoms with Gasteiger partial charge in [0.25, 0.3) is 5.91 Å². The molecule has 1 heterocycles. The molecule has 0 aliphatic heterocycles. The summed E-state index contributed by atoms with van der Waals surface area (Å²) in [6.07, 6.45) is -0.0654. The Kier molecular flexibility index (Phi) is 6.33. The summed E-state index contributed by atoms with van der Waals surface area (Å²) in [7, 11) is 0. The van der Waals surface area contributed by atoms with Crippen molar-refractivity contribution in [2.45, 2.75) is 26.8 Å². The summed E-state index contributed by atoms with van der Waals surface area (Å²) in [4.78, 5) is 29.3. The molecule has 0 atom stereocenters. The Morgan fingerprint density at radius 3 is 2.48 bits per heavy atom. The van der Waals surface area contributed by atoms with Crippen LogP contribution in [-0.2, 0) is 17.8 Å². The number of amides is 2. The number of nitrogens with zero attached hydrogens (tertiary/aromatic N) is 1. The highest BCUT2D eigenvalue weighted by Crippen LogP contribution is 2.20. The predicted octanol–water partition coefficient (Wildman–Crippen LogP) is 4.15. The van der Waals surface area contributed by atoms with Crippen LogP contribution in [-0.4, -0.2) is 16.8 Å². The zero-order chi connectivity index (χ0) is 21.0. The summed E-state index contributed by atoms with van der Waals surface area (Å²) < 4.78 is 26.8. The molecule has 0 aliphatic carbocycles. The fraction of sp³-hybridized carbons (Fsp3) is 0.190. The van der Waals surface area contributed by atoms with Gasteiger partial charge in [-0.3, -0.25) is 9.59 Å². The number of thiazole rings is 1. The molecule has 0 saturated carbocycles. The molecule has 29 heavy (non-hydrogen) atoms. The number of aromatic nitrogens is 1. The van der Waals surface area contributed by atoms with Gasteiger partial charge in [-0.25, -0.2) is 13.8 Å². The number of anilines is 1. The van der Waals surface area contributed by atoms with Gasteiger partial charge in [-0.15, -0.1) is 11.3 Å². The molecule has 0 bridgehead atoms. The SMILES string of the molecule is Cc1ccc(NC(=O)Cc2nc(C)c(C(=O)NCc3ccc(F)cc3)s2)c(F)c1. The Labute approximate surface area is 170 Å². The van der Waals surface area contributed by atoms with Crippen LogP contribution in [0.5, 0.6) is 0 Å². The zero-order valence-electron chi connectivity index (χ0n) is 15.9. The lowest BCUT2D eigenvalue weighted by molar-refractivity contribution is -0.115. The fourth-order valence-corrected chi connectivity index (χ4v) is 3.64. The van der Waals surface area contributed by atoms with Gasteiger partial charge < -0.3 is 10.6 Å². The third-order valence-corrected chi connectivity index (χ3v) is 5.28. The van der Waals surface area contributed by atoms with E-state index in [9.17, 15) is 18.4 Å². The van der Waals surface area contributed by atoms with Crippen LogP contribution in [0.4, 0.5) is 14.5 Å². The highest BCUT2D eigenvalue weighted by Gasteiger charge is 2.17. The number of carbonyl (C=O) groups is 2. The molecule has 0 fully saturated rings. The average molecular weight is 415 g/mol. The number of nitrogens with one attached hydrogen (secondary N) is 2. The van der Waals surface area contributed by atoms with Crippen LogP contribution in [0.1, 0.15) is 31.5 Å². The molecule has 0 saturated heterocycles. The number of hydrogen-bond donors (Lipinski definition) is 2. The monoisotopic (exact) mass is 415 g/mol. The Bertz CT molecular complexity index is 1050. The lowest BCUT2D eigenvalue weighted by atomic mass is 10.2. The van der Waals surface area contributed by atoms with Crippen molar-refractivity contribution in [2.24, 2.45) is 0 Å². The van der Waals surface area contributed by atoms with E-state index in [1.54, 1.807) is 32.0 Å².